The molecule has 0 unspecified atom stereocenters. The number of methoxy groups -OCH3 is 1. The summed E-state index contributed by atoms with van der Waals surface area (Å²) in [5.41, 5.74) is 4.68. The standard InChI is InChI=1S/C16H16BrClN2O2/c1-3-22-16-8-11(14(17)9-15(16)21-2)10-19-20-13-6-4-12(18)5-7-13/h4-10,20H,3H2,1-2H3/b19-10+. The third kappa shape index (κ3) is 4.39. The Morgan fingerprint density at radius 3 is 2.59 bits per heavy atom. The van der Waals surface area contributed by atoms with E-state index in [2.05, 4.69) is 26.5 Å². The minimum Gasteiger partial charge on any atom is -0.493 e. The van der Waals surface area contributed by atoms with E-state index in [-0.39, 0.29) is 0 Å². The van der Waals surface area contributed by atoms with Gasteiger partial charge < -0.3 is 9.47 Å². The van der Waals surface area contributed by atoms with Crippen LogP contribution in [0.2, 0.25) is 5.02 Å². The van der Waals surface area contributed by atoms with Gasteiger partial charge in [-0.25, -0.2) is 0 Å². The van der Waals surface area contributed by atoms with Gasteiger partial charge in [0, 0.05) is 15.1 Å². The van der Waals surface area contributed by atoms with Crippen molar-refractivity contribution < 1.29 is 9.47 Å². The summed E-state index contributed by atoms with van der Waals surface area (Å²) in [6.45, 7) is 2.49. The molecule has 6 heteroatoms. The van der Waals surface area contributed by atoms with E-state index in [1.807, 2.05) is 31.2 Å². The summed E-state index contributed by atoms with van der Waals surface area (Å²) in [5.74, 6) is 1.36. The lowest BCUT2D eigenvalue weighted by Crippen LogP contribution is -1.98. The van der Waals surface area contributed by atoms with Crippen molar-refractivity contribution in [1.29, 1.82) is 0 Å². The molecule has 2 aromatic carbocycles. The Bertz CT molecular complexity index is 660. The van der Waals surface area contributed by atoms with Crippen molar-refractivity contribution in [3.05, 3.63) is 51.5 Å². The first-order valence-electron chi connectivity index (χ1n) is 6.69. The van der Waals surface area contributed by atoms with Gasteiger partial charge >= 0.3 is 0 Å². The number of rotatable bonds is 6. The Balaban J connectivity index is 2.15. The minimum absolute atomic E-state index is 0.567. The quantitative estimate of drug-likeness (QED) is 0.566. The fraction of sp³-hybridized carbons (Fsp3) is 0.188. The SMILES string of the molecule is CCOc1cc(/C=N/Nc2ccc(Cl)cc2)c(Br)cc1OC. The Morgan fingerprint density at radius 2 is 1.95 bits per heavy atom. The van der Waals surface area contributed by atoms with Gasteiger partial charge in [0.15, 0.2) is 11.5 Å². The average Bonchev–Trinajstić information content (AvgIpc) is 2.52. The summed E-state index contributed by atoms with van der Waals surface area (Å²) in [7, 11) is 1.61. The van der Waals surface area contributed by atoms with Gasteiger partial charge in [-0.05, 0) is 59.3 Å². The van der Waals surface area contributed by atoms with Crippen molar-refractivity contribution in [2.45, 2.75) is 6.92 Å². The van der Waals surface area contributed by atoms with Gasteiger partial charge in [0.2, 0.25) is 0 Å². The van der Waals surface area contributed by atoms with Crippen LogP contribution in [0.3, 0.4) is 0 Å². The van der Waals surface area contributed by atoms with Crippen LogP contribution in [0.4, 0.5) is 5.69 Å². The molecule has 0 aliphatic carbocycles. The van der Waals surface area contributed by atoms with Crippen molar-refractivity contribution in [1.82, 2.24) is 0 Å². The van der Waals surface area contributed by atoms with Crippen molar-refractivity contribution in [2.75, 3.05) is 19.1 Å². The molecule has 0 saturated carbocycles. The lowest BCUT2D eigenvalue weighted by Gasteiger charge is -2.11. The van der Waals surface area contributed by atoms with E-state index in [4.69, 9.17) is 21.1 Å². The third-order valence-corrected chi connectivity index (χ3v) is 3.76. The smallest absolute Gasteiger partial charge is 0.161 e. The van der Waals surface area contributed by atoms with Gasteiger partial charge in [-0.3, -0.25) is 5.43 Å². The monoisotopic (exact) mass is 382 g/mol. The summed E-state index contributed by atoms with van der Waals surface area (Å²) in [5, 5.41) is 4.90. The zero-order valence-corrected chi connectivity index (χ0v) is 14.6. The maximum absolute atomic E-state index is 5.84. The van der Waals surface area contributed by atoms with Gasteiger partial charge in [-0.15, -0.1) is 0 Å². The second-order valence-corrected chi connectivity index (χ2v) is 5.63. The molecule has 0 aliphatic heterocycles. The number of nitrogens with one attached hydrogen (secondary N) is 1. The second-order valence-electron chi connectivity index (χ2n) is 4.33. The number of nitrogens with zero attached hydrogens (tertiary/aromatic N) is 1. The summed E-state index contributed by atoms with van der Waals surface area (Å²) in [4.78, 5) is 0. The van der Waals surface area contributed by atoms with E-state index < -0.39 is 0 Å². The van der Waals surface area contributed by atoms with Crippen LogP contribution >= 0.6 is 27.5 Å². The third-order valence-electron chi connectivity index (χ3n) is 2.82. The lowest BCUT2D eigenvalue weighted by molar-refractivity contribution is 0.311. The predicted octanol–water partition coefficient (Wildman–Crippen LogP) is 4.96. The van der Waals surface area contributed by atoms with Crippen LogP contribution in [-0.2, 0) is 0 Å². The van der Waals surface area contributed by atoms with Crippen molar-refractivity contribution >= 4 is 39.4 Å². The van der Waals surface area contributed by atoms with E-state index in [9.17, 15) is 0 Å². The first-order valence-corrected chi connectivity index (χ1v) is 7.86. The maximum atomic E-state index is 5.84. The Labute approximate surface area is 143 Å². The van der Waals surface area contributed by atoms with Crippen LogP contribution in [0.25, 0.3) is 0 Å². The van der Waals surface area contributed by atoms with Crippen LogP contribution in [0.1, 0.15) is 12.5 Å². The van der Waals surface area contributed by atoms with Gasteiger partial charge in [-0.2, -0.15) is 5.10 Å². The Hall–Kier alpha value is -1.72. The first-order chi connectivity index (χ1) is 10.6. The summed E-state index contributed by atoms with van der Waals surface area (Å²) in [6.07, 6.45) is 1.71. The van der Waals surface area contributed by atoms with Crippen LogP contribution in [0.5, 0.6) is 11.5 Å². The number of hydrazone groups is 1. The largest absolute Gasteiger partial charge is 0.493 e. The van der Waals surface area contributed by atoms with E-state index >= 15 is 0 Å². The molecule has 0 saturated heterocycles. The predicted molar refractivity (Wildman–Crippen MR) is 94.5 cm³/mol. The number of anilines is 1. The molecule has 116 valence electrons. The van der Waals surface area contributed by atoms with Crippen molar-refractivity contribution in [3.8, 4) is 11.5 Å². The molecule has 22 heavy (non-hydrogen) atoms. The molecule has 0 fully saturated rings. The molecule has 0 aliphatic rings. The fourth-order valence-electron chi connectivity index (χ4n) is 1.78. The molecule has 0 amide bonds. The number of benzene rings is 2. The van der Waals surface area contributed by atoms with Gasteiger partial charge in [0.25, 0.3) is 0 Å². The zero-order valence-electron chi connectivity index (χ0n) is 12.3. The highest BCUT2D eigenvalue weighted by molar-refractivity contribution is 9.10. The molecule has 0 atom stereocenters. The van der Waals surface area contributed by atoms with E-state index in [0.717, 1.165) is 15.7 Å². The molecule has 4 nitrogen and oxygen atoms in total. The zero-order chi connectivity index (χ0) is 15.9. The topological polar surface area (TPSA) is 42.8 Å². The van der Waals surface area contributed by atoms with E-state index in [0.29, 0.717) is 23.1 Å². The van der Waals surface area contributed by atoms with Gasteiger partial charge in [0.05, 0.1) is 25.6 Å². The number of ether oxygens (including phenoxy) is 2. The molecular formula is C16H16BrClN2O2. The van der Waals surface area contributed by atoms with Crippen molar-refractivity contribution in [2.24, 2.45) is 5.10 Å². The maximum Gasteiger partial charge on any atom is 0.161 e. The minimum atomic E-state index is 0.567. The van der Waals surface area contributed by atoms with Crippen LogP contribution in [-0.4, -0.2) is 19.9 Å². The Morgan fingerprint density at radius 1 is 1.23 bits per heavy atom. The average molecular weight is 384 g/mol. The highest BCUT2D eigenvalue weighted by Gasteiger charge is 2.08. The normalized spacial score (nSPS) is 10.7. The number of hydrogen-bond donors (Lipinski definition) is 1. The molecule has 1 N–H and O–H groups in total. The van der Waals surface area contributed by atoms with Crippen molar-refractivity contribution in [3.63, 3.8) is 0 Å². The highest BCUT2D eigenvalue weighted by Crippen LogP contribution is 2.32. The van der Waals surface area contributed by atoms with Crippen LogP contribution in [0.15, 0.2) is 46.0 Å². The van der Waals surface area contributed by atoms with Crippen LogP contribution < -0.4 is 14.9 Å². The summed E-state index contributed by atoms with van der Waals surface area (Å²) >= 11 is 9.34. The lowest BCUT2D eigenvalue weighted by atomic mass is 10.2. The molecule has 0 heterocycles. The van der Waals surface area contributed by atoms with E-state index in [1.54, 1.807) is 25.5 Å². The Kier molecular flexibility index (Phi) is 6.10. The fourth-order valence-corrected chi connectivity index (χ4v) is 2.33. The molecule has 0 bridgehead atoms. The molecule has 2 rings (SSSR count). The van der Waals surface area contributed by atoms with Gasteiger partial charge in [0.1, 0.15) is 0 Å². The first kappa shape index (κ1) is 16.6. The van der Waals surface area contributed by atoms with Crippen LogP contribution in [0, 0.1) is 0 Å². The van der Waals surface area contributed by atoms with E-state index in [1.165, 1.54) is 0 Å². The number of hydrogen-bond acceptors (Lipinski definition) is 4. The van der Waals surface area contributed by atoms with Gasteiger partial charge in [-0.1, -0.05) is 11.6 Å². The molecule has 0 aromatic heterocycles. The second kappa shape index (κ2) is 8.06. The number of halogens is 2. The molecule has 2 aromatic rings. The molecule has 0 radical (unpaired) electrons. The molecule has 0 spiro atoms. The summed E-state index contributed by atoms with van der Waals surface area (Å²) in [6, 6.07) is 11.0. The highest BCUT2D eigenvalue weighted by atomic mass is 79.9. The summed E-state index contributed by atoms with van der Waals surface area (Å²) < 4.78 is 11.7. The molecular weight excluding hydrogens is 368 g/mol.